The van der Waals surface area contributed by atoms with E-state index in [-0.39, 0.29) is 0 Å². The van der Waals surface area contributed by atoms with Gasteiger partial charge in [0.2, 0.25) is 11.4 Å². The van der Waals surface area contributed by atoms with Crippen molar-refractivity contribution in [3.05, 3.63) is 110 Å². The molecule has 0 N–H and O–H groups in total. The lowest BCUT2D eigenvalue weighted by atomic mass is 10.0. The van der Waals surface area contributed by atoms with Crippen LogP contribution in [0.4, 0.5) is 0 Å². The fraction of sp³-hybridized carbons (Fsp3) is 0. The quantitative estimate of drug-likeness (QED) is 0.507. The molecule has 0 radical (unpaired) electrons. The molecule has 24 heavy (non-hydrogen) atoms. The van der Waals surface area contributed by atoms with Crippen LogP contribution >= 0.6 is 0 Å². The minimum Gasteiger partial charge on any atom is -0.167 e. The van der Waals surface area contributed by atoms with Gasteiger partial charge in [0.15, 0.2) is 24.8 Å². The number of pyridine rings is 2. The summed E-state index contributed by atoms with van der Waals surface area (Å²) in [7, 11) is 0. The van der Waals surface area contributed by atoms with E-state index in [9.17, 15) is 0 Å². The van der Waals surface area contributed by atoms with Crippen LogP contribution in [0.25, 0.3) is 22.5 Å². The molecule has 0 saturated heterocycles. The fourth-order valence-electron chi connectivity index (χ4n) is 2.79. The highest BCUT2D eigenvalue weighted by Gasteiger charge is 2.07. The SMILES string of the molecule is c1cc[n+](-c2ccc(-c3ccc(-[n+]4ccccc4)cc3)cc2)cc1. The van der Waals surface area contributed by atoms with Gasteiger partial charge in [-0.1, -0.05) is 12.1 Å². The van der Waals surface area contributed by atoms with E-state index >= 15 is 0 Å². The molecule has 2 heteroatoms. The zero-order valence-electron chi connectivity index (χ0n) is 13.3. The Morgan fingerprint density at radius 1 is 0.375 bits per heavy atom. The predicted molar refractivity (Wildman–Crippen MR) is 94.9 cm³/mol. The van der Waals surface area contributed by atoms with Gasteiger partial charge in [-0.2, -0.15) is 9.13 Å². The third kappa shape index (κ3) is 2.95. The average Bonchev–Trinajstić information content (AvgIpc) is 2.70. The van der Waals surface area contributed by atoms with Crippen molar-refractivity contribution in [3.63, 3.8) is 0 Å². The molecular formula is C22H18N2+2. The zero-order chi connectivity index (χ0) is 16.2. The number of nitrogens with zero attached hydrogens (tertiary/aromatic N) is 2. The first-order valence-electron chi connectivity index (χ1n) is 8.04. The van der Waals surface area contributed by atoms with E-state index in [0.29, 0.717) is 0 Å². The van der Waals surface area contributed by atoms with Gasteiger partial charge in [-0.15, -0.1) is 0 Å². The molecule has 0 amide bonds. The van der Waals surface area contributed by atoms with Crippen LogP contribution in [0.1, 0.15) is 0 Å². The standard InChI is InChI=1S/C22H18N2/c1-3-15-23(16-4-1)21-11-7-19(8-12-21)20-9-13-22(14-10-20)24-17-5-2-6-18-24/h1-18H/q+2. The van der Waals surface area contributed by atoms with Gasteiger partial charge in [-0.3, -0.25) is 0 Å². The van der Waals surface area contributed by atoms with E-state index in [1.54, 1.807) is 0 Å². The van der Waals surface area contributed by atoms with E-state index in [1.807, 2.05) is 36.4 Å². The second-order valence-electron chi connectivity index (χ2n) is 5.66. The zero-order valence-corrected chi connectivity index (χ0v) is 13.3. The van der Waals surface area contributed by atoms with Gasteiger partial charge in [-0.05, 0) is 35.4 Å². The monoisotopic (exact) mass is 310 g/mol. The Morgan fingerprint density at radius 3 is 1.04 bits per heavy atom. The average molecular weight is 310 g/mol. The molecule has 2 heterocycles. The van der Waals surface area contributed by atoms with Crippen LogP contribution in [0.3, 0.4) is 0 Å². The maximum atomic E-state index is 2.17. The molecule has 0 bridgehead atoms. The highest BCUT2D eigenvalue weighted by Crippen LogP contribution is 2.20. The molecule has 0 saturated carbocycles. The molecule has 2 nitrogen and oxygen atoms in total. The van der Waals surface area contributed by atoms with Crippen molar-refractivity contribution in [2.45, 2.75) is 0 Å². The highest BCUT2D eigenvalue weighted by atomic mass is 14.9. The first-order chi connectivity index (χ1) is 11.9. The lowest BCUT2D eigenvalue weighted by molar-refractivity contribution is -0.596. The van der Waals surface area contributed by atoms with Gasteiger partial charge in [0, 0.05) is 48.5 Å². The van der Waals surface area contributed by atoms with Gasteiger partial charge in [0.25, 0.3) is 0 Å². The smallest absolute Gasteiger partial charge is 0.167 e. The minimum atomic E-state index is 1.16. The van der Waals surface area contributed by atoms with Gasteiger partial charge < -0.3 is 0 Å². The van der Waals surface area contributed by atoms with Crippen LogP contribution in [-0.2, 0) is 0 Å². The molecule has 0 aliphatic carbocycles. The van der Waals surface area contributed by atoms with E-state index in [1.165, 1.54) is 11.1 Å². The summed E-state index contributed by atoms with van der Waals surface area (Å²) in [6.07, 6.45) is 8.23. The summed E-state index contributed by atoms with van der Waals surface area (Å²) >= 11 is 0. The minimum absolute atomic E-state index is 1.16. The molecule has 0 spiro atoms. The highest BCUT2D eigenvalue weighted by molar-refractivity contribution is 5.64. The van der Waals surface area contributed by atoms with Crippen LogP contribution < -0.4 is 9.13 Å². The maximum absolute atomic E-state index is 2.17. The Kier molecular flexibility index (Phi) is 3.86. The first-order valence-corrected chi connectivity index (χ1v) is 8.04. The molecule has 0 fully saturated rings. The molecule has 0 aliphatic heterocycles. The van der Waals surface area contributed by atoms with Crippen molar-refractivity contribution in [2.24, 2.45) is 0 Å². The molecule has 114 valence electrons. The van der Waals surface area contributed by atoms with Gasteiger partial charge in [-0.25, -0.2) is 0 Å². The Bertz CT molecular complexity index is 832. The van der Waals surface area contributed by atoms with Gasteiger partial charge >= 0.3 is 0 Å². The van der Waals surface area contributed by atoms with Crippen LogP contribution in [0.5, 0.6) is 0 Å². The normalized spacial score (nSPS) is 10.5. The number of benzene rings is 2. The third-order valence-electron chi connectivity index (χ3n) is 4.10. The molecule has 0 unspecified atom stereocenters. The Morgan fingerprint density at radius 2 is 0.708 bits per heavy atom. The van der Waals surface area contributed by atoms with Crippen molar-refractivity contribution >= 4 is 0 Å². The summed E-state index contributed by atoms with van der Waals surface area (Å²) in [4.78, 5) is 0. The van der Waals surface area contributed by atoms with E-state index in [0.717, 1.165) is 11.4 Å². The van der Waals surface area contributed by atoms with Crippen molar-refractivity contribution < 1.29 is 9.13 Å². The summed E-state index contributed by atoms with van der Waals surface area (Å²) in [6, 6.07) is 29.5. The van der Waals surface area contributed by atoms with Crippen LogP contribution in [0.15, 0.2) is 110 Å². The number of aromatic nitrogens is 2. The lowest BCUT2D eigenvalue weighted by Crippen LogP contribution is -2.28. The van der Waals surface area contributed by atoms with E-state index < -0.39 is 0 Å². The van der Waals surface area contributed by atoms with E-state index in [4.69, 9.17) is 0 Å². The largest absolute Gasteiger partial charge is 0.210 e. The second-order valence-corrected chi connectivity index (χ2v) is 5.66. The van der Waals surface area contributed by atoms with E-state index in [2.05, 4.69) is 82.5 Å². The fourth-order valence-corrected chi connectivity index (χ4v) is 2.79. The second kappa shape index (κ2) is 6.47. The Balaban J connectivity index is 1.60. The molecule has 4 aromatic rings. The Hall–Kier alpha value is -3.26. The maximum Gasteiger partial charge on any atom is 0.210 e. The molecular weight excluding hydrogens is 292 g/mol. The summed E-state index contributed by atoms with van der Waals surface area (Å²) in [5, 5.41) is 0. The molecule has 2 aromatic carbocycles. The number of hydrogen-bond donors (Lipinski definition) is 0. The first kappa shape index (κ1) is 14.3. The number of rotatable bonds is 3. The predicted octanol–water partition coefficient (Wildman–Crippen LogP) is 3.91. The Labute approximate surface area is 141 Å². The summed E-state index contributed by atoms with van der Waals surface area (Å²) in [6.45, 7) is 0. The van der Waals surface area contributed by atoms with Gasteiger partial charge in [0.1, 0.15) is 0 Å². The van der Waals surface area contributed by atoms with Crippen molar-refractivity contribution in [3.8, 4) is 22.5 Å². The lowest BCUT2D eigenvalue weighted by Gasteiger charge is -2.02. The van der Waals surface area contributed by atoms with Crippen LogP contribution in [0, 0.1) is 0 Å². The van der Waals surface area contributed by atoms with Crippen molar-refractivity contribution in [1.29, 1.82) is 0 Å². The van der Waals surface area contributed by atoms with Crippen molar-refractivity contribution in [1.82, 2.24) is 0 Å². The van der Waals surface area contributed by atoms with Crippen molar-refractivity contribution in [2.75, 3.05) is 0 Å². The topological polar surface area (TPSA) is 7.76 Å². The molecule has 4 rings (SSSR count). The molecule has 0 atom stereocenters. The third-order valence-corrected chi connectivity index (χ3v) is 4.10. The van der Waals surface area contributed by atoms with Gasteiger partial charge in [0.05, 0.1) is 0 Å². The molecule has 2 aromatic heterocycles. The summed E-state index contributed by atoms with van der Waals surface area (Å²) < 4.78 is 4.22. The van der Waals surface area contributed by atoms with Crippen LogP contribution in [0.2, 0.25) is 0 Å². The van der Waals surface area contributed by atoms with Crippen LogP contribution in [-0.4, -0.2) is 0 Å². The summed E-state index contributed by atoms with van der Waals surface area (Å²) in [5.41, 5.74) is 4.77. The summed E-state index contributed by atoms with van der Waals surface area (Å²) in [5.74, 6) is 0. The molecule has 0 aliphatic rings. The number of hydrogen-bond acceptors (Lipinski definition) is 0.